The van der Waals surface area contributed by atoms with E-state index in [1.807, 2.05) is 0 Å². The maximum Gasteiger partial charge on any atom is 0.280 e. The van der Waals surface area contributed by atoms with Crippen molar-refractivity contribution >= 4 is 11.6 Å². The molecule has 0 aliphatic heterocycles. The maximum atomic E-state index is 13.4. The molecule has 1 amide bonds. The fourth-order valence-corrected chi connectivity index (χ4v) is 2.70. The van der Waals surface area contributed by atoms with Crippen molar-refractivity contribution in [3.63, 3.8) is 0 Å². The zero-order chi connectivity index (χ0) is 21.8. The van der Waals surface area contributed by atoms with Crippen LogP contribution < -0.4 is 25.0 Å². The summed E-state index contributed by atoms with van der Waals surface area (Å²) in [7, 11) is 4.27. The van der Waals surface area contributed by atoms with Crippen LogP contribution in [-0.4, -0.2) is 37.0 Å². The lowest BCUT2D eigenvalue weighted by Crippen LogP contribution is -2.26. The third-order valence-corrected chi connectivity index (χ3v) is 4.05. The fourth-order valence-electron chi connectivity index (χ4n) is 2.70. The van der Waals surface area contributed by atoms with Gasteiger partial charge < -0.3 is 19.5 Å². The Morgan fingerprint density at radius 1 is 0.933 bits per heavy atom. The van der Waals surface area contributed by atoms with E-state index in [1.54, 1.807) is 18.2 Å². The van der Waals surface area contributed by atoms with E-state index in [0.29, 0.717) is 23.3 Å². The van der Waals surface area contributed by atoms with Gasteiger partial charge in [0.05, 0.1) is 33.1 Å². The van der Waals surface area contributed by atoms with Gasteiger partial charge in [0.1, 0.15) is 11.6 Å². The van der Waals surface area contributed by atoms with Crippen molar-refractivity contribution in [1.82, 2.24) is 9.78 Å². The van der Waals surface area contributed by atoms with Gasteiger partial charge >= 0.3 is 0 Å². The van der Waals surface area contributed by atoms with E-state index in [2.05, 4.69) is 10.4 Å². The minimum atomic E-state index is -0.943. The summed E-state index contributed by atoms with van der Waals surface area (Å²) in [5.74, 6) is -1.79. The predicted octanol–water partition coefficient (Wildman–Crippen LogP) is 2.79. The van der Waals surface area contributed by atoms with Gasteiger partial charge in [0.15, 0.2) is 17.2 Å². The van der Waals surface area contributed by atoms with Crippen LogP contribution in [-0.2, 0) is 0 Å². The van der Waals surface area contributed by atoms with Crippen LogP contribution in [0, 0.1) is 11.6 Å². The molecule has 0 unspecified atom stereocenters. The Hall–Kier alpha value is -3.95. The number of ether oxygens (including phenoxy) is 3. The summed E-state index contributed by atoms with van der Waals surface area (Å²) in [6.07, 6.45) is 0. The van der Waals surface area contributed by atoms with Gasteiger partial charge in [-0.15, -0.1) is 0 Å². The number of carbonyl (C=O) groups excluding carboxylic acids is 1. The van der Waals surface area contributed by atoms with E-state index < -0.39 is 28.7 Å². The molecule has 0 aliphatic carbocycles. The molecule has 0 saturated heterocycles. The highest BCUT2D eigenvalue weighted by atomic mass is 19.1. The zero-order valence-electron chi connectivity index (χ0n) is 16.2. The first-order valence-corrected chi connectivity index (χ1v) is 8.54. The predicted molar refractivity (Wildman–Crippen MR) is 104 cm³/mol. The number of nitrogens with zero attached hydrogens (tertiary/aromatic N) is 2. The summed E-state index contributed by atoms with van der Waals surface area (Å²) in [6.45, 7) is 0. The largest absolute Gasteiger partial charge is 0.493 e. The van der Waals surface area contributed by atoms with Gasteiger partial charge in [-0.2, -0.15) is 9.78 Å². The molecule has 0 spiro atoms. The molecule has 2 aromatic carbocycles. The van der Waals surface area contributed by atoms with Crippen molar-refractivity contribution in [2.24, 2.45) is 0 Å². The average molecular weight is 417 g/mol. The van der Waals surface area contributed by atoms with Crippen molar-refractivity contribution in [1.29, 1.82) is 0 Å². The summed E-state index contributed by atoms with van der Waals surface area (Å²) >= 11 is 0. The summed E-state index contributed by atoms with van der Waals surface area (Å²) in [6, 6.07) is 8.36. The zero-order valence-corrected chi connectivity index (χ0v) is 16.2. The molecule has 0 fully saturated rings. The average Bonchev–Trinajstić information content (AvgIpc) is 2.72. The molecule has 3 rings (SSSR count). The Morgan fingerprint density at radius 2 is 1.60 bits per heavy atom. The Labute approximate surface area is 169 Å². The quantitative estimate of drug-likeness (QED) is 0.663. The molecule has 10 heteroatoms. The van der Waals surface area contributed by atoms with Crippen LogP contribution in [0.1, 0.15) is 10.5 Å². The number of benzene rings is 2. The SMILES string of the molecule is COc1ccc(-n2nc(C(=O)Nc3cc(F)cc(F)c3)c(=O)cc2OC)cc1OC. The minimum Gasteiger partial charge on any atom is -0.493 e. The molecule has 0 radical (unpaired) electrons. The van der Waals surface area contributed by atoms with Gasteiger partial charge in [0.25, 0.3) is 5.91 Å². The monoisotopic (exact) mass is 417 g/mol. The maximum absolute atomic E-state index is 13.4. The molecule has 0 saturated carbocycles. The number of carbonyl (C=O) groups is 1. The molecule has 1 heterocycles. The lowest BCUT2D eigenvalue weighted by atomic mass is 10.2. The van der Waals surface area contributed by atoms with Crippen LogP contribution in [0.3, 0.4) is 0 Å². The number of amides is 1. The van der Waals surface area contributed by atoms with Crippen molar-refractivity contribution in [2.45, 2.75) is 0 Å². The van der Waals surface area contributed by atoms with Gasteiger partial charge in [-0.25, -0.2) is 8.78 Å². The highest BCUT2D eigenvalue weighted by molar-refractivity contribution is 6.02. The number of nitrogens with one attached hydrogen (secondary N) is 1. The second-order valence-corrected chi connectivity index (χ2v) is 5.96. The van der Waals surface area contributed by atoms with Gasteiger partial charge in [-0.05, 0) is 24.3 Å². The highest BCUT2D eigenvalue weighted by Gasteiger charge is 2.19. The Balaban J connectivity index is 2.05. The van der Waals surface area contributed by atoms with E-state index in [9.17, 15) is 18.4 Å². The third-order valence-electron chi connectivity index (χ3n) is 4.05. The molecule has 0 atom stereocenters. The standard InChI is InChI=1S/C20H17F2N3O5/c1-28-16-5-4-14(9-17(16)29-2)25-18(30-3)10-15(26)19(24-25)20(27)23-13-7-11(21)6-12(22)8-13/h4-10H,1-3H3,(H,23,27). The van der Waals surface area contributed by atoms with Gasteiger partial charge in [-0.1, -0.05) is 0 Å². The number of hydrogen-bond donors (Lipinski definition) is 1. The number of halogens is 2. The van der Waals surface area contributed by atoms with E-state index in [0.717, 1.165) is 18.2 Å². The molecule has 0 bridgehead atoms. The van der Waals surface area contributed by atoms with Crippen LogP contribution in [0.2, 0.25) is 0 Å². The molecule has 3 aromatic rings. The van der Waals surface area contributed by atoms with E-state index in [4.69, 9.17) is 14.2 Å². The Kier molecular flexibility index (Phi) is 5.95. The van der Waals surface area contributed by atoms with Crippen LogP contribution in [0.15, 0.2) is 47.3 Å². The first kappa shape index (κ1) is 20.8. The van der Waals surface area contributed by atoms with Crippen molar-refractivity contribution in [3.05, 3.63) is 70.0 Å². The number of anilines is 1. The van der Waals surface area contributed by atoms with Gasteiger partial charge in [-0.3, -0.25) is 9.59 Å². The first-order chi connectivity index (χ1) is 14.4. The summed E-state index contributed by atoms with van der Waals surface area (Å²) in [5, 5.41) is 6.33. The molecule has 1 N–H and O–H groups in total. The second kappa shape index (κ2) is 8.60. The smallest absolute Gasteiger partial charge is 0.280 e. The van der Waals surface area contributed by atoms with Crippen molar-refractivity contribution < 1.29 is 27.8 Å². The number of hydrogen-bond acceptors (Lipinski definition) is 6. The molecular weight excluding hydrogens is 400 g/mol. The van der Waals surface area contributed by atoms with Crippen molar-refractivity contribution in [2.75, 3.05) is 26.6 Å². The number of methoxy groups -OCH3 is 3. The van der Waals surface area contributed by atoms with Crippen molar-refractivity contribution in [3.8, 4) is 23.1 Å². The van der Waals surface area contributed by atoms with E-state index in [1.165, 1.54) is 26.0 Å². The number of rotatable bonds is 6. The highest BCUT2D eigenvalue weighted by Crippen LogP contribution is 2.30. The number of aromatic nitrogens is 2. The van der Waals surface area contributed by atoms with E-state index >= 15 is 0 Å². The minimum absolute atomic E-state index is 0.0561. The lowest BCUT2D eigenvalue weighted by Gasteiger charge is -2.14. The van der Waals surface area contributed by atoms with Gasteiger partial charge in [0, 0.05) is 17.8 Å². The molecule has 8 nitrogen and oxygen atoms in total. The fraction of sp³-hybridized carbons (Fsp3) is 0.150. The first-order valence-electron chi connectivity index (χ1n) is 8.54. The normalized spacial score (nSPS) is 10.4. The van der Waals surface area contributed by atoms with Crippen LogP contribution >= 0.6 is 0 Å². The molecule has 0 aliphatic rings. The topological polar surface area (TPSA) is 91.7 Å². The lowest BCUT2D eigenvalue weighted by molar-refractivity contribution is 0.101. The van der Waals surface area contributed by atoms with Gasteiger partial charge in [0.2, 0.25) is 11.3 Å². The van der Waals surface area contributed by atoms with Crippen LogP contribution in [0.25, 0.3) is 5.69 Å². The third kappa shape index (κ3) is 4.22. The van der Waals surface area contributed by atoms with Crippen LogP contribution in [0.4, 0.5) is 14.5 Å². The summed E-state index contributed by atoms with van der Waals surface area (Å²) in [4.78, 5) is 24.9. The molecular formula is C20H17F2N3O5. The summed E-state index contributed by atoms with van der Waals surface area (Å²) in [5.41, 5.74) is -0.990. The second-order valence-electron chi connectivity index (χ2n) is 5.96. The summed E-state index contributed by atoms with van der Waals surface area (Å²) < 4.78 is 43.6. The Morgan fingerprint density at radius 3 is 2.20 bits per heavy atom. The van der Waals surface area contributed by atoms with Crippen LogP contribution in [0.5, 0.6) is 17.4 Å². The van der Waals surface area contributed by atoms with E-state index in [-0.39, 0.29) is 11.6 Å². The Bertz CT molecular complexity index is 1140. The molecule has 1 aromatic heterocycles. The molecule has 30 heavy (non-hydrogen) atoms. The molecule has 156 valence electrons.